The fraction of sp³-hybridized carbons (Fsp3) is 0.500. The van der Waals surface area contributed by atoms with Gasteiger partial charge in [-0.25, -0.2) is 4.98 Å². The molecule has 0 bridgehead atoms. The standard InChI is InChI=1S/C10H15N3O/c1-13(2)8-5-6-12-10(11)9(8)14-7-3-4-7/h5-7H,3-4H2,1-2H3,(H2,11,12). The van der Waals surface area contributed by atoms with Gasteiger partial charge in [0.2, 0.25) is 0 Å². The number of nitrogens with zero attached hydrogens (tertiary/aromatic N) is 2. The molecule has 1 aliphatic rings. The van der Waals surface area contributed by atoms with Crippen LogP contribution in [0.1, 0.15) is 12.8 Å². The Labute approximate surface area is 83.7 Å². The van der Waals surface area contributed by atoms with Gasteiger partial charge in [0, 0.05) is 20.3 Å². The van der Waals surface area contributed by atoms with Crippen LogP contribution >= 0.6 is 0 Å². The molecule has 0 saturated heterocycles. The SMILES string of the molecule is CN(C)c1ccnc(N)c1OC1CC1. The molecule has 2 rings (SSSR count). The third-order valence-corrected chi connectivity index (χ3v) is 2.20. The van der Waals surface area contributed by atoms with E-state index in [2.05, 4.69) is 4.98 Å². The van der Waals surface area contributed by atoms with Crippen molar-refractivity contribution in [1.29, 1.82) is 0 Å². The van der Waals surface area contributed by atoms with Crippen molar-refractivity contribution in [3.8, 4) is 5.75 Å². The van der Waals surface area contributed by atoms with Crippen molar-refractivity contribution >= 4 is 11.5 Å². The highest BCUT2D eigenvalue weighted by molar-refractivity contribution is 5.66. The van der Waals surface area contributed by atoms with Crippen LogP contribution in [0, 0.1) is 0 Å². The highest BCUT2D eigenvalue weighted by atomic mass is 16.5. The van der Waals surface area contributed by atoms with E-state index in [1.807, 2.05) is 25.1 Å². The number of hydrogen-bond acceptors (Lipinski definition) is 4. The van der Waals surface area contributed by atoms with Gasteiger partial charge in [0.25, 0.3) is 0 Å². The van der Waals surface area contributed by atoms with E-state index in [1.54, 1.807) is 6.20 Å². The summed E-state index contributed by atoms with van der Waals surface area (Å²) in [5, 5.41) is 0. The van der Waals surface area contributed by atoms with E-state index in [-0.39, 0.29) is 0 Å². The Morgan fingerprint density at radius 3 is 2.79 bits per heavy atom. The van der Waals surface area contributed by atoms with Gasteiger partial charge in [-0.05, 0) is 18.9 Å². The lowest BCUT2D eigenvalue weighted by Crippen LogP contribution is -2.13. The highest BCUT2D eigenvalue weighted by Gasteiger charge is 2.26. The van der Waals surface area contributed by atoms with Gasteiger partial charge < -0.3 is 15.4 Å². The zero-order chi connectivity index (χ0) is 10.1. The highest BCUT2D eigenvalue weighted by Crippen LogP contribution is 2.36. The lowest BCUT2D eigenvalue weighted by molar-refractivity contribution is 0.304. The van der Waals surface area contributed by atoms with Crippen molar-refractivity contribution in [1.82, 2.24) is 4.98 Å². The van der Waals surface area contributed by atoms with E-state index in [0.29, 0.717) is 11.9 Å². The normalized spacial score (nSPS) is 15.3. The van der Waals surface area contributed by atoms with Crippen LogP contribution in [0.25, 0.3) is 0 Å². The molecular formula is C10H15N3O. The van der Waals surface area contributed by atoms with Crippen LogP contribution in [-0.2, 0) is 0 Å². The van der Waals surface area contributed by atoms with Gasteiger partial charge in [-0.15, -0.1) is 0 Å². The monoisotopic (exact) mass is 193 g/mol. The van der Waals surface area contributed by atoms with E-state index < -0.39 is 0 Å². The maximum atomic E-state index is 5.77. The van der Waals surface area contributed by atoms with Crippen LogP contribution < -0.4 is 15.4 Å². The predicted octanol–water partition coefficient (Wildman–Crippen LogP) is 1.27. The van der Waals surface area contributed by atoms with Crippen LogP contribution in [-0.4, -0.2) is 25.2 Å². The van der Waals surface area contributed by atoms with E-state index in [9.17, 15) is 0 Å². The summed E-state index contributed by atoms with van der Waals surface area (Å²) in [7, 11) is 3.93. The van der Waals surface area contributed by atoms with Crippen molar-refractivity contribution in [3.05, 3.63) is 12.3 Å². The minimum absolute atomic E-state index is 0.347. The molecule has 1 heterocycles. The number of nitrogen functional groups attached to an aromatic ring is 1. The first kappa shape index (κ1) is 9.12. The summed E-state index contributed by atoms with van der Waals surface area (Å²) in [4.78, 5) is 6.01. The molecule has 0 aliphatic heterocycles. The van der Waals surface area contributed by atoms with Gasteiger partial charge in [0.15, 0.2) is 11.6 Å². The molecule has 0 amide bonds. The number of pyridine rings is 1. The third kappa shape index (κ3) is 1.73. The molecular weight excluding hydrogens is 178 g/mol. The van der Waals surface area contributed by atoms with Crippen LogP contribution in [0.4, 0.5) is 11.5 Å². The molecule has 0 aromatic carbocycles. The molecule has 0 unspecified atom stereocenters. The topological polar surface area (TPSA) is 51.4 Å². The molecule has 1 fully saturated rings. The zero-order valence-corrected chi connectivity index (χ0v) is 8.53. The Morgan fingerprint density at radius 1 is 1.50 bits per heavy atom. The Balaban J connectivity index is 2.31. The predicted molar refractivity (Wildman–Crippen MR) is 56.6 cm³/mol. The largest absolute Gasteiger partial charge is 0.484 e. The van der Waals surface area contributed by atoms with Crippen LogP contribution in [0.3, 0.4) is 0 Å². The smallest absolute Gasteiger partial charge is 0.185 e. The summed E-state index contributed by atoms with van der Waals surface area (Å²) >= 11 is 0. The summed E-state index contributed by atoms with van der Waals surface area (Å²) < 4.78 is 5.72. The second kappa shape index (κ2) is 3.36. The molecule has 0 radical (unpaired) electrons. The molecule has 1 saturated carbocycles. The summed E-state index contributed by atoms with van der Waals surface area (Å²) in [5.41, 5.74) is 6.76. The van der Waals surface area contributed by atoms with E-state index in [4.69, 9.17) is 10.5 Å². The van der Waals surface area contributed by atoms with Crippen molar-refractivity contribution in [3.63, 3.8) is 0 Å². The lowest BCUT2D eigenvalue weighted by Gasteiger charge is -2.18. The molecule has 0 atom stereocenters. The van der Waals surface area contributed by atoms with Gasteiger partial charge in [0.1, 0.15) is 0 Å². The molecule has 2 N–H and O–H groups in total. The summed E-state index contributed by atoms with van der Waals surface area (Å²) in [6.45, 7) is 0. The number of hydrogen-bond donors (Lipinski definition) is 1. The second-order valence-electron chi connectivity index (χ2n) is 3.76. The maximum Gasteiger partial charge on any atom is 0.185 e. The fourth-order valence-electron chi connectivity index (χ4n) is 1.28. The number of rotatable bonds is 3. The van der Waals surface area contributed by atoms with Gasteiger partial charge in [-0.2, -0.15) is 0 Å². The van der Waals surface area contributed by atoms with Crippen molar-refractivity contribution in [2.45, 2.75) is 18.9 Å². The van der Waals surface area contributed by atoms with E-state index in [0.717, 1.165) is 24.3 Å². The number of nitrogens with two attached hydrogens (primary N) is 1. The Bertz CT molecular complexity index is 334. The molecule has 1 aromatic rings. The molecule has 14 heavy (non-hydrogen) atoms. The minimum atomic E-state index is 0.347. The Morgan fingerprint density at radius 2 is 2.21 bits per heavy atom. The van der Waals surface area contributed by atoms with E-state index >= 15 is 0 Å². The van der Waals surface area contributed by atoms with E-state index in [1.165, 1.54) is 0 Å². The second-order valence-corrected chi connectivity index (χ2v) is 3.76. The molecule has 4 nitrogen and oxygen atoms in total. The maximum absolute atomic E-state index is 5.77. The molecule has 0 spiro atoms. The fourth-order valence-corrected chi connectivity index (χ4v) is 1.28. The summed E-state index contributed by atoms with van der Waals surface area (Å²) in [6, 6.07) is 1.91. The summed E-state index contributed by atoms with van der Waals surface area (Å²) in [5.74, 6) is 1.20. The number of aromatic nitrogens is 1. The number of ether oxygens (including phenoxy) is 1. The van der Waals surface area contributed by atoms with Gasteiger partial charge in [0.05, 0.1) is 11.8 Å². The molecule has 76 valence electrons. The molecule has 1 aromatic heterocycles. The third-order valence-electron chi connectivity index (χ3n) is 2.20. The van der Waals surface area contributed by atoms with Crippen LogP contribution in [0.2, 0.25) is 0 Å². The molecule has 1 aliphatic carbocycles. The minimum Gasteiger partial charge on any atom is -0.484 e. The Hall–Kier alpha value is -1.45. The first-order valence-corrected chi connectivity index (χ1v) is 4.77. The zero-order valence-electron chi connectivity index (χ0n) is 8.53. The average molecular weight is 193 g/mol. The van der Waals surface area contributed by atoms with Gasteiger partial charge in [-0.1, -0.05) is 0 Å². The van der Waals surface area contributed by atoms with Crippen LogP contribution in [0.15, 0.2) is 12.3 Å². The van der Waals surface area contributed by atoms with Crippen molar-refractivity contribution in [2.24, 2.45) is 0 Å². The van der Waals surface area contributed by atoms with Gasteiger partial charge >= 0.3 is 0 Å². The summed E-state index contributed by atoms with van der Waals surface area (Å²) in [6.07, 6.45) is 4.30. The quantitative estimate of drug-likeness (QED) is 0.785. The average Bonchev–Trinajstić information content (AvgIpc) is 2.91. The Kier molecular flexibility index (Phi) is 2.19. The van der Waals surface area contributed by atoms with Crippen LogP contribution in [0.5, 0.6) is 5.75 Å². The number of anilines is 2. The molecule has 4 heteroatoms. The first-order valence-electron chi connectivity index (χ1n) is 4.77. The van der Waals surface area contributed by atoms with Gasteiger partial charge in [-0.3, -0.25) is 0 Å². The first-order chi connectivity index (χ1) is 6.68. The van der Waals surface area contributed by atoms with Crippen molar-refractivity contribution in [2.75, 3.05) is 24.7 Å². The lowest BCUT2D eigenvalue weighted by atomic mass is 10.3. The van der Waals surface area contributed by atoms with Crippen molar-refractivity contribution < 1.29 is 4.74 Å².